The van der Waals surface area contributed by atoms with Crippen molar-refractivity contribution in [3.63, 3.8) is 0 Å². The van der Waals surface area contributed by atoms with Gasteiger partial charge in [0.1, 0.15) is 5.83 Å². The van der Waals surface area contributed by atoms with Gasteiger partial charge in [0.05, 0.1) is 6.61 Å². The van der Waals surface area contributed by atoms with Crippen LogP contribution in [0, 0.1) is 0 Å². The molecule has 0 saturated heterocycles. The zero-order valence-corrected chi connectivity index (χ0v) is 8.30. The third kappa shape index (κ3) is 2.14. The predicted octanol–water partition coefficient (Wildman–Crippen LogP) is 2.04. The standard InChI is InChI=1S/C11H9FN2O2/c12-10(5-6-15)8-1-3-9(4-2-8)11-13-7-14-16-11/h1-5,7,15H,6H2. The molecule has 2 aromatic rings. The van der Waals surface area contributed by atoms with Crippen LogP contribution in [0.2, 0.25) is 0 Å². The monoisotopic (exact) mass is 220 g/mol. The summed E-state index contributed by atoms with van der Waals surface area (Å²) in [6.07, 6.45) is 2.40. The van der Waals surface area contributed by atoms with Gasteiger partial charge < -0.3 is 9.63 Å². The summed E-state index contributed by atoms with van der Waals surface area (Å²) in [4.78, 5) is 3.87. The maximum absolute atomic E-state index is 13.3. The molecule has 0 aliphatic carbocycles. The lowest BCUT2D eigenvalue weighted by atomic mass is 10.1. The number of rotatable bonds is 3. The topological polar surface area (TPSA) is 59.2 Å². The van der Waals surface area contributed by atoms with Crippen molar-refractivity contribution in [1.82, 2.24) is 10.1 Å². The third-order valence-corrected chi connectivity index (χ3v) is 2.04. The van der Waals surface area contributed by atoms with Gasteiger partial charge in [-0.3, -0.25) is 0 Å². The van der Waals surface area contributed by atoms with Gasteiger partial charge in [-0.25, -0.2) is 4.39 Å². The van der Waals surface area contributed by atoms with Crippen LogP contribution >= 0.6 is 0 Å². The number of aromatic nitrogens is 2. The van der Waals surface area contributed by atoms with Crippen LogP contribution in [0.3, 0.4) is 0 Å². The number of aliphatic hydroxyl groups excluding tert-OH is 1. The second-order valence-corrected chi connectivity index (χ2v) is 3.06. The van der Waals surface area contributed by atoms with Gasteiger partial charge in [0.2, 0.25) is 0 Å². The minimum atomic E-state index is -0.459. The Morgan fingerprint density at radius 2 is 2.12 bits per heavy atom. The van der Waals surface area contributed by atoms with Crippen LogP contribution in [0.5, 0.6) is 0 Å². The van der Waals surface area contributed by atoms with Crippen molar-refractivity contribution in [3.8, 4) is 11.5 Å². The van der Waals surface area contributed by atoms with Crippen molar-refractivity contribution in [2.24, 2.45) is 0 Å². The molecule has 82 valence electrons. The summed E-state index contributed by atoms with van der Waals surface area (Å²) < 4.78 is 18.1. The van der Waals surface area contributed by atoms with Gasteiger partial charge >= 0.3 is 0 Å². The molecule has 0 unspecified atom stereocenters. The molecule has 16 heavy (non-hydrogen) atoms. The molecular formula is C11H9FN2O2. The highest BCUT2D eigenvalue weighted by Crippen LogP contribution is 2.21. The van der Waals surface area contributed by atoms with Crippen LogP contribution in [0.4, 0.5) is 4.39 Å². The van der Waals surface area contributed by atoms with Gasteiger partial charge in [-0.15, -0.1) is 0 Å². The highest BCUT2D eigenvalue weighted by Gasteiger charge is 2.04. The Kier molecular flexibility index (Phi) is 3.07. The summed E-state index contributed by atoms with van der Waals surface area (Å²) in [5.41, 5.74) is 1.12. The number of halogens is 1. The maximum Gasteiger partial charge on any atom is 0.257 e. The van der Waals surface area contributed by atoms with E-state index in [4.69, 9.17) is 9.63 Å². The minimum Gasteiger partial charge on any atom is -0.392 e. The molecule has 0 atom stereocenters. The van der Waals surface area contributed by atoms with Crippen molar-refractivity contribution in [2.45, 2.75) is 0 Å². The SMILES string of the molecule is OCC=C(F)c1ccc(-c2ncno2)cc1. The summed E-state index contributed by atoms with van der Waals surface area (Å²) in [5.74, 6) is -0.0716. The van der Waals surface area contributed by atoms with Crippen LogP contribution in [0.15, 0.2) is 41.2 Å². The van der Waals surface area contributed by atoms with E-state index in [1.54, 1.807) is 24.3 Å². The highest BCUT2D eigenvalue weighted by atomic mass is 19.1. The fourth-order valence-electron chi connectivity index (χ4n) is 1.27. The van der Waals surface area contributed by atoms with E-state index < -0.39 is 5.83 Å². The molecule has 0 aliphatic rings. The average molecular weight is 220 g/mol. The zero-order valence-electron chi connectivity index (χ0n) is 8.30. The number of hydrogen-bond donors (Lipinski definition) is 1. The van der Waals surface area contributed by atoms with E-state index >= 15 is 0 Å². The molecular weight excluding hydrogens is 211 g/mol. The van der Waals surface area contributed by atoms with E-state index in [2.05, 4.69) is 10.1 Å². The normalized spacial score (nSPS) is 11.8. The average Bonchev–Trinajstić information content (AvgIpc) is 2.83. The van der Waals surface area contributed by atoms with Gasteiger partial charge in [0.15, 0.2) is 6.33 Å². The molecule has 0 fully saturated rings. The number of nitrogens with zero attached hydrogens (tertiary/aromatic N) is 2. The van der Waals surface area contributed by atoms with Crippen molar-refractivity contribution >= 4 is 5.83 Å². The first kappa shape index (κ1) is 10.5. The first-order chi connectivity index (χ1) is 7.81. The van der Waals surface area contributed by atoms with Gasteiger partial charge in [-0.2, -0.15) is 4.98 Å². The molecule has 1 aromatic heterocycles. The summed E-state index contributed by atoms with van der Waals surface area (Å²) in [6, 6.07) is 6.52. The van der Waals surface area contributed by atoms with Crippen molar-refractivity contribution in [2.75, 3.05) is 6.61 Å². The van der Waals surface area contributed by atoms with E-state index in [1.165, 1.54) is 6.33 Å². The molecule has 0 radical (unpaired) electrons. The molecule has 0 spiro atoms. The van der Waals surface area contributed by atoms with Crippen molar-refractivity contribution in [3.05, 3.63) is 42.2 Å². The minimum absolute atomic E-state index is 0.322. The molecule has 5 heteroatoms. The lowest BCUT2D eigenvalue weighted by molar-refractivity contribution is 0.342. The summed E-state index contributed by atoms with van der Waals surface area (Å²) in [6.45, 7) is -0.322. The number of aliphatic hydroxyl groups is 1. The quantitative estimate of drug-likeness (QED) is 0.859. The van der Waals surface area contributed by atoms with E-state index in [-0.39, 0.29) is 6.61 Å². The molecule has 1 N–H and O–H groups in total. The first-order valence-corrected chi connectivity index (χ1v) is 4.65. The van der Waals surface area contributed by atoms with E-state index in [0.29, 0.717) is 11.5 Å². The second kappa shape index (κ2) is 4.67. The summed E-state index contributed by atoms with van der Waals surface area (Å²) >= 11 is 0. The Labute approximate surface area is 91.0 Å². The summed E-state index contributed by atoms with van der Waals surface area (Å²) in [7, 11) is 0. The molecule has 0 bridgehead atoms. The molecule has 0 saturated carbocycles. The Morgan fingerprint density at radius 1 is 1.38 bits per heavy atom. The Morgan fingerprint density at radius 3 is 2.69 bits per heavy atom. The van der Waals surface area contributed by atoms with Gasteiger partial charge in [-0.1, -0.05) is 17.3 Å². The number of benzene rings is 1. The lowest BCUT2D eigenvalue weighted by Crippen LogP contribution is -1.82. The molecule has 1 aromatic carbocycles. The van der Waals surface area contributed by atoms with Crippen LogP contribution in [0.25, 0.3) is 17.3 Å². The third-order valence-electron chi connectivity index (χ3n) is 2.04. The van der Waals surface area contributed by atoms with Gasteiger partial charge in [0, 0.05) is 11.1 Å². The summed E-state index contributed by atoms with van der Waals surface area (Å²) in [5, 5.41) is 12.0. The van der Waals surface area contributed by atoms with E-state index in [9.17, 15) is 4.39 Å². The Bertz CT molecular complexity index is 477. The zero-order chi connectivity index (χ0) is 11.4. The van der Waals surface area contributed by atoms with Gasteiger partial charge in [0.25, 0.3) is 5.89 Å². The smallest absolute Gasteiger partial charge is 0.257 e. The van der Waals surface area contributed by atoms with E-state index in [0.717, 1.165) is 11.6 Å². The van der Waals surface area contributed by atoms with Crippen LogP contribution in [0.1, 0.15) is 5.56 Å². The molecule has 0 amide bonds. The first-order valence-electron chi connectivity index (χ1n) is 4.65. The largest absolute Gasteiger partial charge is 0.392 e. The predicted molar refractivity (Wildman–Crippen MR) is 55.9 cm³/mol. The van der Waals surface area contributed by atoms with Gasteiger partial charge in [-0.05, 0) is 18.2 Å². The molecule has 1 heterocycles. The van der Waals surface area contributed by atoms with Crippen LogP contribution < -0.4 is 0 Å². The fourth-order valence-corrected chi connectivity index (χ4v) is 1.27. The number of hydrogen-bond acceptors (Lipinski definition) is 4. The Balaban J connectivity index is 2.26. The van der Waals surface area contributed by atoms with Crippen molar-refractivity contribution in [1.29, 1.82) is 0 Å². The van der Waals surface area contributed by atoms with E-state index in [1.807, 2.05) is 0 Å². The second-order valence-electron chi connectivity index (χ2n) is 3.06. The molecule has 4 nitrogen and oxygen atoms in total. The van der Waals surface area contributed by atoms with Crippen LogP contribution in [-0.4, -0.2) is 21.9 Å². The fraction of sp³-hybridized carbons (Fsp3) is 0.0909. The molecule has 0 aliphatic heterocycles. The lowest BCUT2D eigenvalue weighted by Gasteiger charge is -1.98. The molecule has 2 rings (SSSR count). The van der Waals surface area contributed by atoms with Crippen LogP contribution in [-0.2, 0) is 0 Å². The Hall–Kier alpha value is -2.01. The van der Waals surface area contributed by atoms with Crippen molar-refractivity contribution < 1.29 is 14.0 Å². The maximum atomic E-state index is 13.3. The highest BCUT2D eigenvalue weighted by molar-refractivity contribution is 5.63.